The van der Waals surface area contributed by atoms with Crippen LogP contribution in [0.3, 0.4) is 0 Å². The summed E-state index contributed by atoms with van der Waals surface area (Å²) in [7, 11) is 0. The van der Waals surface area contributed by atoms with Crippen LogP contribution in [-0.2, 0) is 6.61 Å². The number of benzene rings is 1. The van der Waals surface area contributed by atoms with Gasteiger partial charge in [0.2, 0.25) is 0 Å². The number of para-hydroxylation sites is 1. The summed E-state index contributed by atoms with van der Waals surface area (Å²) in [6.07, 6.45) is 0. The van der Waals surface area contributed by atoms with Crippen LogP contribution in [0.15, 0.2) is 24.3 Å². The molecular weight excluding hydrogens is 178 g/mol. The molecule has 0 amide bonds. The molecule has 1 aromatic carbocycles. The Kier molecular flexibility index (Phi) is 1.39. The molecule has 14 heavy (non-hydrogen) atoms. The highest BCUT2D eigenvalue weighted by molar-refractivity contribution is 5.43. The molecular formula is C10H9N3O. The minimum absolute atomic E-state index is 0.578. The molecule has 0 radical (unpaired) electrons. The molecule has 0 unspecified atom stereocenters. The van der Waals surface area contributed by atoms with E-state index in [1.54, 1.807) is 4.68 Å². The predicted octanol–water partition coefficient (Wildman–Crippen LogP) is 1.47. The third kappa shape index (κ3) is 0.937. The fourth-order valence-corrected chi connectivity index (χ4v) is 1.63. The van der Waals surface area contributed by atoms with Crippen LogP contribution in [0.5, 0.6) is 6.01 Å². The number of rotatable bonds is 0. The topological polar surface area (TPSA) is 39.9 Å². The lowest BCUT2D eigenvalue weighted by atomic mass is 10.2. The summed E-state index contributed by atoms with van der Waals surface area (Å²) in [5.74, 6) is 0.733. The molecule has 2 heterocycles. The molecule has 0 N–H and O–H groups in total. The second-order valence-corrected chi connectivity index (χ2v) is 3.27. The maximum atomic E-state index is 5.46. The van der Waals surface area contributed by atoms with Crippen molar-refractivity contribution in [2.75, 3.05) is 0 Å². The van der Waals surface area contributed by atoms with Crippen molar-refractivity contribution in [2.45, 2.75) is 13.5 Å². The number of hydrogen-bond donors (Lipinski definition) is 0. The van der Waals surface area contributed by atoms with Gasteiger partial charge in [-0.2, -0.15) is 9.67 Å². The zero-order valence-electron chi connectivity index (χ0n) is 7.77. The normalized spacial score (nSPS) is 12.9. The minimum atomic E-state index is 0.578. The number of aromatic nitrogens is 3. The van der Waals surface area contributed by atoms with Gasteiger partial charge in [0.15, 0.2) is 5.82 Å². The maximum Gasteiger partial charge on any atom is 0.320 e. The number of ether oxygens (including phenoxy) is 1. The number of aryl methyl sites for hydroxylation is 1. The first-order chi connectivity index (χ1) is 6.84. The number of hydrogen-bond acceptors (Lipinski definition) is 3. The molecule has 3 rings (SSSR count). The van der Waals surface area contributed by atoms with Gasteiger partial charge in [0.05, 0.1) is 5.69 Å². The van der Waals surface area contributed by atoms with E-state index in [0.717, 1.165) is 17.1 Å². The minimum Gasteiger partial charge on any atom is -0.458 e. The van der Waals surface area contributed by atoms with E-state index < -0.39 is 0 Å². The summed E-state index contributed by atoms with van der Waals surface area (Å²) in [5.41, 5.74) is 2.21. The van der Waals surface area contributed by atoms with Crippen LogP contribution in [0.4, 0.5) is 0 Å². The summed E-state index contributed by atoms with van der Waals surface area (Å²) in [6.45, 7) is 2.44. The molecule has 0 spiro atoms. The van der Waals surface area contributed by atoms with Crippen LogP contribution < -0.4 is 4.74 Å². The Labute approximate surface area is 81.2 Å². The highest BCUT2D eigenvalue weighted by atomic mass is 16.5. The molecule has 4 nitrogen and oxygen atoms in total. The van der Waals surface area contributed by atoms with E-state index in [0.29, 0.717) is 12.6 Å². The van der Waals surface area contributed by atoms with Crippen molar-refractivity contribution >= 4 is 0 Å². The average Bonchev–Trinajstić information content (AvgIpc) is 2.59. The first-order valence-corrected chi connectivity index (χ1v) is 4.49. The molecule has 0 atom stereocenters. The molecule has 0 bridgehead atoms. The summed E-state index contributed by atoms with van der Waals surface area (Å²) >= 11 is 0. The second-order valence-electron chi connectivity index (χ2n) is 3.27. The lowest BCUT2D eigenvalue weighted by Gasteiger charge is -2.16. The Hall–Kier alpha value is -1.84. The lowest BCUT2D eigenvalue weighted by molar-refractivity contribution is 0.259. The molecule has 1 aromatic heterocycles. The van der Waals surface area contributed by atoms with Crippen molar-refractivity contribution < 1.29 is 4.74 Å². The van der Waals surface area contributed by atoms with Gasteiger partial charge in [0.1, 0.15) is 6.61 Å². The zero-order chi connectivity index (χ0) is 9.54. The van der Waals surface area contributed by atoms with E-state index in [-0.39, 0.29) is 0 Å². The maximum absolute atomic E-state index is 5.46. The zero-order valence-corrected chi connectivity index (χ0v) is 7.77. The Morgan fingerprint density at radius 2 is 2.21 bits per heavy atom. The highest BCUT2D eigenvalue weighted by Gasteiger charge is 2.18. The van der Waals surface area contributed by atoms with Gasteiger partial charge in [0, 0.05) is 5.56 Å². The predicted molar refractivity (Wildman–Crippen MR) is 50.4 cm³/mol. The van der Waals surface area contributed by atoms with Crippen molar-refractivity contribution in [1.82, 2.24) is 14.8 Å². The van der Waals surface area contributed by atoms with Crippen LogP contribution in [-0.4, -0.2) is 14.8 Å². The first-order valence-electron chi connectivity index (χ1n) is 4.49. The van der Waals surface area contributed by atoms with Gasteiger partial charge in [-0.1, -0.05) is 18.2 Å². The quantitative estimate of drug-likeness (QED) is 0.627. The van der Waals surface area contributed by atoms with Gasteiger partial charge >= 0.3 is 6.01 Å². The van der Waals surface area contributed by atoms with Crippen LogP contribution in [0.2, 0.25) is 0 Å². The van der Waals surface area contributed by atoms with Gasteiger partial charge in [-0.15, -0.1) is 5.10 Å². The third-order valence-corrected chi connectivity index (χ3v) is 2.26. The molecule has 2 aromatic rings. The molecule has 0 fully saturated rings. The Balaban J connectivity index is 2.28. The average molecular weight is 187 g/mol. The fourth-order valence-electron chi connectivity index (χ4n) is 1.63. The van der Waals surface area contributed by atoms with Crippen molar-refractivity contribution in [3.63, 3.8) is 0 Å². The van der Waals surface area contributed by atoms with Crippen LogP contribution >= 0.6 is 0 Å². The Morgan fingerprint density at radius 1 is 1.36 bits per heavy atom. The SMILES string of the molecule is Cc1nc2n(n1)-c1ccccc1CO2. The molecule has 0 aliphatic carbocycles. The van der Waals surface area contributed by atoms with Crippen molar-refractivity contribution in [2.24, 2.45) is 0 Å². The second kappa shape index (κ2) is 2.57. The van der Waals surface area contributed by atoms with Crippen molar-refractivity contribution in [3.05, 3.63) is 35.7 Å². The molecule has 1 aliphatic rings. The molecule has 0 saturated carbocycles. The van der Waals surface area contributed by atoms with E-state index in [4.69, 9.17) is 4.74 Å². The largest absolute Gasteiger partial charge is 0.458 e. The molecule has 4 heteroatoms. The standard InChI is InChI=1S/C10H9N3O/c1-7-11-10-13(12-7)9-5-3-2-4-8(9)6-14-10/h2-5H,6H2,1H3. The van der Waals surface area contributed by atoms with Crippen LogP contribution in [0.25, 0.3) is 5.69 Å². The summed E-state index contributed by atoms with van der Waals surface area (Å²) in [5, 5.41) is 4.27. The fraction of sp³-hybridized carbons (Fsp3) is 0.200. The van der Waals surface area contributed by atoms with Gasteiger partial charge in [-0.25, -0.2) is 0 Å². The highest BCUT2D eigenvalue weighted by Crippen LogP contribution is 2.25. The van der Waals surface area contributed by atoms with E-state index in [2.05, 4.69) is 10.1 Å². The lowest BCUT2D eigenvalue weighted by Crippen LogP contribution is -2.12. The molecule has 0 saturated heterocycles. The van der Waals surface area contributed by atoms with E-state index in [1.165, 1.54) is 0 Å². The first kappa shape index (κ1) is 7.55. The van der Waals surface area contributed by atoms with Crippen molar-refractivity contribution in [3.8, 4) is 11.7 Å². The number of nitrogens with zero attached hydrogens (tertiary/aromatic N) is 3. The van der Waals surface area contributed by atoms with E-state index in [1.807, 2.05) is 31.2 Å². The van der Waals surface area contributed by atoms with Gasteiger partial charge in [-0.05, 0) is 13.0 Å². The smallest absolute Gasteiger partial charge is 0.320 e. The van der Waals surface area contributed by atoms with Crippen LogP contribution in [0, 0.1) is 6.92 Å². The summed E-state index contributed by atoms with van der Waals surface area (Å²) in [4.78, 5) is 4.18. The Bertz CT molecular complexity index is 490. The van der Waals surface area contributed by atoms with Gasteiger partial charge < -0.3 is 4.74 Å². The van der Waals surface area contributed by atoms with Gasteiger partial charge in [0.25, 0.3) is 0 Å². The molecule has 1 aliphatic heterocycles. The van der Waals surface area contributed by atoms with E-state index in [9.17, 15) is 0 Å². The summed E-state index contributed by atoms with van der Waals surface area (Å²) in [6, 6.07) is 8.63. The van der Waals surface area contributed by atoms with Crippen molar-refractivity contribution in [1.29, 1.82) is 0 Å². The number of fused-ring (bicyclic) bond motifs is 3. The monoisotopic (exact) mass is 187 g/mol. The summed E-state index contributed by atoms with van der Waals surface area (Å²) < 4.78 is 7.20. The third-order valence-electron chi connectivity index (χ3n) is 2.26. The molecule has 70 valence electrons. The van der Waals surface area contributed by atoms with E-state index >= 15 is 0 Å². The van der Waals surface area contributed by atoms with Gasteiger partial charge in [-0.3, -0.25) is 0 Å². The van der Waals surface area contributed by atoms with Crippen LogP contribution in [0.1, 0.15) is 11.4 Å². The Morgan fingerprint density at radius 3 is 3.14 bits per heavy atom.